The van der Waals surface area contributed by atoms with Crippen molar-refractivity contribution in [3.8, 4) is 0 Å². The molecule has 0 aromatic carbocycles. The van der Waals surface area contributed by atoms with Crippen LogP contribution in [-0.4, -0.2) is 20.9 Å². The number of carbonyl (C=O) groups is 1. The van der Waals surface area contributed by atoms with E-state index < -0.39 is 0 Å². The van der Waals surface area contributed by atoms with Crippen molar-refractivity contribution in [3.63, 3.8) is 0 Å². The molecule has 0 atom stereocenters. The lowest BCUT2D eigenvalue weighted by Gasteiger charge is -2.10. The molecular formula is C13H14BrN5O. The van der Waals surface area contributed by atoms with Crippen molar-refractivity contribution in [2.75, 3.05) is 11.1 Å². The Morgan fingerprint density at radius 2 is 2.15 bits per heavy atom. The highest BCUT2D eigenvalue weighted by Crippen LogP contribution is 2.21. The fourth-order valence-corrected chi connectivity index (χ4v) is 1.87. The van der Waals surface area contributed by atoms with E-state index in [1.807, 2.05) is 13.8 Å². The third-order valence-electron chi connectivity index (χ3n) is 2.59. The summed E-state index contributed by atoms with van der Waals surface area (Å²) >= 11 is 3.31. The number of halogens is 1. The molecular weight excluding hydrogens is 322 g/mol. The molecule has 0 aliphatic carbocycles. The van der Waals surface area contributed by atoms with Crippen LogP contribution in [0.1, 0.15) is 36.1 Å². The predicted octanol–water partition coefficient (Wildman–Crippen LogP) is 2.59. The third-order valence-corrected chi connectivity index (χ3v) is 3.22. The molecule has 20 heavy (non-hydrogen) atoms. The highest BCUT2D eigenvalue weighted by molar-refractivity contribution is 9.10. The third kappa shape index (κ3) is 3.11. The summed E-state index contributed by atoms with van der Waals surface area (Å²) < 4.78 is 0.685. The molecule has 104 valence electrons. The first-order chi connectivity index (χ1) is 9.49. The summed E-state index contributed by atoms with van der Waals surface area (Å²) in [7, 11) is 0. The van der Waals surface area contributed by atoms with Crippen LogP contribution < -0.4 is 11.1 Å². The Morgan fingerprint density at radius 1 is 1.40 bits per heavy atom. The lowest BCUT2D eigenvalue weighted by Crippen LogP contribution is -2.18. The summed E-state index contributed by atoms with van der Waals surface area (Å²) in [6, 6.07) is 1.68. The molecule has 1 amide bonds. The first kappa shape index (κ1) is 14.4. The van der Waals surface area contributed by atoms with E-state index in [4.69, 9.17) is 5.73 Å². The molecule has 0 aliphatic heterocycles. The zero-order valence-corrected chi connectivity index (χ0v) is 12.7. The number of hydrogen-bond donors (Lipinski definition) is 2. The number of nitrogen functional groups attached to an aromatic ring is 1. The van der Waals surface area contributed by atoms with Gasteiger partial charge in [-0.15, -0.1) is 0 Å². The second-order valence-corrected chi connectivity index (χ2v) is 5.35. The van der Waals surface area contributed by atoms with Gasteiger partial charge in [0.25, 0.3) is 5.91 Å². The monoisotopic (exact) mass is 335 g/mol. The molecule has 0 unspecified atom stereocenters. The molecule has 0 bridgehead atoms. The Balaban J connectivity index is 2.30. The van der Waals surface area contributed by atoms with Gasteiger partial charge in [0, 0.05) is 18.3 Å². The molecule has 2 rings (SSSR count). The molecule has 0 radical (unpaired) electrons. The second kappa shape index (κ2) is 5.96. The summed E-state index contributed by atoms with van der Waals surface area (Å²) in [4.78, 5) is 24.5. The quantitative estimate of drug-likeness (QED) is 0.898. The minimum Gasteiger partial charge on any atom is -0.396 e. The van der Waals surface area contributed by atoms with Gasteiger partial charge in [0.15, 0.2) is 5.69 Å². The maximum Gasteiger partial charge on any atom is 0.276 e. The fourth-order valence-electron chi connectivity index (χ4n) is 1.52. The highest BCUT2D eigenvalue weighted by atomic mass is 79.9. The maximum absolute atomic E-state index is 12.2. The number of nitrogens with zero attached hydrogens (tertiary/aromatic N) is 3. The van der Waals surface area contributed by atoms with E-state index in [1.165, 1.54) is 6.20 Å². The van der Waals surface area contributed by atoms with Gasteiger partial charge in [-0.05, 0) is 22.0 Å². The van der Waals surface area contributed by atoms with Crippen molar-refractivity contribution in [3.05, 3.63) is 40.6 Å². The summed E-state index contributed by atoms with van der Waals surface area (Å²) in [5, 5.41) is 2.74. The number of aromatic nitrogens is 3. The molecule has 2 heterocycles. The number of nitrogens with two attached hydrogens (primary N) is 1. The smallest absolute Gasteiger partial charge is 0.276 e. The minimum atomic E-state index is -0.376. The second-order valence-electron chi connectivity index (χ2n) is 4.50. The fraction of sp³-hybridized carbons (Fsp3) is 0.231. The minimum absolute atomic E-state index is 0.120. The summed E-state index contributed by atoms with van der Waals surface area (Å²) in [5.74, 6) is 0.326. The van der Waals surface area contributed by atoms with Gasteiger partial charge in [0.2, 0.25) is 0 Å². The number of anilines is 2. The lowest BCUT2D eigenvalue weighted by atomic mass is 10.2. The average Bonchev–Trinajstić information content (AvgIpc) is 2.41. The van der Waals surface area contributed by atoms with Crippen molar-refractivity contribution in [2.24, 2.45) is 0 Å². The van der Waals surface area contributed by atoms with E-state index in [0.717, 1.165) is 0 Å². The van der Waals surface area contributed by atoms with Crippen LogP contribution in [0.4, 0.5) is 11.4 Å². The van der Waals surface area contributed by atoms with Crippen molar-refractivity contribution < 1.29 is 4.79 Å². The molecule has 0 fully saturated rings. The number of hydrogen-bond acceptors (Lipinski definition) is 5. The van der Waals surface area contributed by atoms with Crippen LogP contribution in [0, 0.1) is 0 Å². The van der Waals surface area contributed by atoms with Gasteiger partial charge in [-0.2, -0.15) is 0 Å². The van der Waals surface area contributed by atoms with Gasteiger partial charge in [-0.25, -0.2) is 9.97 Å². The van der Waals surface area contributed by atoms with Crippen molar-refractivity contribution in [1.29, 1.82) is 0 Å². The molecule has 0 saturated carbocycles. The zero-order chi connectivity index (χ0) is 14.7. The van der Waals surface area contributed by atoms with Crippen LogP contribution in [0.2, 0.25) is 0 Å². The molecule has 7 heteroatoms. The number of carbonyl (C=O) groups excluding carboxylic acids is 1. The van der Waals surface area contributed by atoms with E-state index in [1.54, 1.807) is 18.5 Å². The number of pyridine rings is 1. The molecule has 2 aromatic heterocycles. The standard InChI is InChI=1S/C13H14BrN5O/c1-7(2)12-17-6-9(15)11(19-12)13(20)18-10-3-4-16-5-8(10)14/h3-7H,15H2,1-2H3,(H,16,18,20). The van der Waals surface area contributed by atoms with Gasteiger partial charge >= 0.3 is 0 Å². The Bertz CT molecular complexity index is 644. The highest BCUT2D eigenvalue weighted by Gasteiger charge is 2.16. The summed E-state index contributed by atoms with van der Waals surface area (Å²) in [5.41, 5.74) is 6.80. The van der Waals surface area contributed by atoms with E-state index >= 15 is 0 Å². The van der Waals surface area contributed by atoms with Crippen molar-refractivity contribution in [1.82, 2.24) is 15.0 Å². The number of amides is 1. The first-order valence-corrected chi connectivity index (χ1v) is 6.81. The van der Waals surface area contributed by atoms with Crippen LogP contribution in [0.25, 0.3) is 0 Å². The van der Waals surface area contributed by atoms with Crippen LogP contribution in [0.15, 0.2) is 29.1 Å². The van der Waals surface area contributed by atoms with Gasteiger partial charge in [0.1, 0.15) is 5.82 Å². The maximum atomic E-state index is 12.2. The Morgan fingerprint density at radius 3 is 2.80 bits per heavy atom. The normalized spacial score (nSPS) is 10.6. The van der Waals surface area contributed by atoms with E-state index in [0.29, 0.717) is 16.0 Å². The number of nitrogens with one attached hydrogen (secondary N) is 1. The summed E-state index contributed by atoms with van der Waals surface area (Å²) in [6.45, 7) is 3.90. The van der Waals surface area contributed by atoms with Crippen LogP contribution >= 0.6 is 15.9 Å². The predicted molar refractivity (Wildman–Crippen MR) is 80.4 cm³/mol. The Labute approximate surface area is 125 Å². The SMILES string of the molecule is CC(C)c1ncc(N)c(C(=O)Nc2ccncc2Br)n1. The van der Waals surface area contributed by atoms with Gasteiger partial charge in [-0.1, -0.05) is 13.8 Å². The van der Waals surface area contributed by atoms with Crippen molar-refractivity contribution in [2.45, 2.75) is 19.8 Å². The molecule has 0 spiro atoms. The largest absolute Gasteiger partial charge is 0.396 e. The molecule has 0 saturated heterocycles. The molecule has 0 aliphatic rings. The van der Waals surface area contributed by atoms with E-state index in [9.17, 15) is 4.79 Å². The molecule has 3 N–H and O–H groups in total. The summed E-state index contributed by atoms with van der Waals surface area (Å²) in [6.07, 6.45) is 4.64. The Hall–Kier alpha value is -2.02. The van der Waals surface area contributed by atoms with Gasteiger partial charge in [0.05, 0.1) is 22.0 Å². The Kier molecular flexibility index (Phi) is 4.29. The van der Waals surface area contributed by atoms with Gasteiger partial charge < -0.3 is 11.1 Å². The topological polar surface area (TPSA) is 93.8 Å². The molecule has 2 aromatic rings. The van der Waals surface area contributed by atoms with E-state index in [-0.39, 0.29) is 23.2 Å². The van der Waals surface area contributed by atoms with E-state index in [2.05, 4.69) is 36.2 Å². The first-order valence-electron chi connectivity index (χ1n) is 6.02. The molecule has 6 nitrogen and oxygen atoms in total. The average molecular weight is 336 g/mol. The van der Waals surface area contributed by atoms with Crippen LogP contribution in [-0.2, 0) is 0 Å². The van der Waals surface area contributed by atoms with Crippen LogP contribution in [0.3, 0.4) is 0 Å². The number of rotatable bonds is 3. The van der Waals surface area contributed by atoms with Crippen molar-refractivity contribution >= 4 is 33.2 Å². The van der Waals surface area contributed by atoms with Gasteiger partial charge in [-0.3, -0.25) is 9.78 Å². The van der Waals surface area contributed by atoms with Crippen LogP contribution in [0.5, 0.6) is 0 Å². The lowest BCUT2D eigenvalue weighted by molar-refractivity contribution is 0.102. The zero-order valence-electron chi connectivity index (χ0n) is 11.1.